The Labute approximate surface area is 141 Å². The van der Waals surface area contributed by atoms with Crippen molar-refractivity contribution in [3.63, 3.8) is 0 Å². The zero-order valence-electron chi connectivity index (χ0n) is 10.9. The van der Waals surface area contributed by atoms with Gasteiger partial charge in [0.1, 0.15) is 5.75 Å². The summed E-state index contributed by atoms with van der Waals surface area (Å²) in [6.07, 6.45) is 1.57. The van der Waals surface area contributed by atoms with Gasteiger partial charge in [0.15, 0.2) is 6.61 Å². The molecule has 0 saturated heterocycles. The van der Waals surface area contributed by atoms with Gasteiger partial charge in [0.25, 0.3) is 5.91 Å². The van der Waals surface area contributed by atoms with Crippen LogP contribution in [0.4, 0.5) is 0 Å². The molecule has 2 aromatic rings. The van der Waals surface area contributed by atoms with Crippen molar-refractivity contribution >= 4 is 46.3 Å². The van der Waals surface area contributed by atoms with Crippen molar-refractivity contribution in [2.24, 2.45) is 5.10 Å². The molecule has 1 N–H and O–H groups in total. The molecule has 21 heavy (non-hydrogen) atoms. The van der Waals surface area contributed by atoms with Crippen LogP contribution in [0.15, 0.2) is 53.6 Å². The Kier molecular flexibility index (Phi) is 6.01. The lowest BCUT2D eigenvalue weighted by molar-refractivity contribution is -0.123. The molecule has 0 spiro atoms. The van der Waals surface area contributed by atoms with E-state index in [1.54, 1.807) is 24.4 Å². The van der Waals surface area contributed by atoms with Gasteiger partial charge in [0.2, 0.25) is 0 Å². The number of ether oxygens (including phenoxy) is 1. The zero-order valence-corrected chi connectivity index (χ0v) is 13.8. The van der Waals surface area contributed by atoms with E-state index in [1.165, 1.54) is 0 Å². The molecule has 4 nitrogen and oxygen atoms in total. The van der Waals surface area contributed by atoms with E-state index in [0.29, 0.717) is 10.8 Å². The van der Waals surface area contributed by atoms with Crippen molar-refractivity contribution in [3.05, 3.63) is 62.7 Å². The Balaban J connectivity index is 1.81. The first kappa shape index (κ1) is 15.8. The topological polar surface area (TPSA) is 50.7 Å². The maximum Gasteiger partial charge on any atom is 0.277 e. The van der Waals surface area contributed by atoms with Crippen molar-refractivity contribution in [2.45, 2.75) is 0 Å². The fourth-order valence-corrected chi connectivity index (χ4v) is 2.51. The lowest BCUT2D eigenvalue weighted by atomic mass is 10.2. The summed E-state index contributed by atoms with van der Waals surface area (Å²) in [5.41, 5.74) is 3.32. The number of nitrogens with zero attached hydrogens (tertiary/aromatic N) is 1. The van der Waals surface area contributed by atoms with Crippen LogP contribution in [0.2, 0.25) is 5.02 Å². The lowest BCUT2D eigenvalue weighted by Gasteiger charge is -2.07. The largest absolute Gasteiger partial charge is 0.483 e. The second kappa shape index (κ2) is 7.99. The van der Waals surface area contributed by atoms with Gasteiger partial charge in [0, 0.05) is 5.02 Å². The predicted octanol–water partition coefficient (Wildman–Crippen LogP) is 3.47. The molecular formula is C15H12ClIN2O2. The third kappa shape index (κ3) is 5.35. The third-order valence-electron chi connectivity index (χ3n) is 2.46. The van der Waals surface area contributed by atoms with Gasteiger partial charge in [-0.1, -0.05) is 41.9 Å². The molecule has 108 valence electrons. The van der Waals surface area contributed by atoms with E-state index in [-0.39, 0.29) is 12.5 Å². The average Bonchev–Trinajstić information content (AvgIpc) is 2.47. The molecule has 6 heteroatoms. The van der Waals surface area contributed by atoms with E-state index >= 15 is 0 Å². The van der Waals surface area contributed by atoms with Gasteiger partial charge in [0.05, 0.1) is 9.78 Å². The standard InChI is InChI=1S/C15H12ClIN2O2/c16-12-6-7-14(13(17)8-12)21-10-15(20)19-18-9-11-4-2-1-3-5-11/h1-9H,10H2,(H,19,20)/b18-9+. The molecule has 2 rings (SSSR count). The number of amides is 1. The quantitative estimate of drug-likeness (QED) is 0.463. The summed E-state index contributed by atoms with van der Waals surface area (Å²) in [6.45, 7) is -0.107. The fraction of sp³-hybridized carbons (Fsp3) is 0.0667. The maximum atomic E-state index is 11.6. The maximum absolute atomic E-state index is 11.6. The van der Waals surface area contributed by atoms with Gasteiger partial charge in [-0.2, -0.15) is 5.10 Å². The monoisotopic (exact) mass is 414 g/mol. The minimum atomic E-state index is -0.326. The minimum absolute atomic E-state index is 0.107. The van der Waals surface area contributed by atoms with Gasteiger partial charge in [-0.25, -0.2) is 5.43 Å². The summed E-state index contributed by atoms with van der Waals surface area (Å²) in [5, 5.41) is 4.49. The van der Waals surface area contributed by atoms with Crippen molar-refractivity contribution in [2.75, 3.05) is 6.61 Å². The Morgan fingerprint density at radius 3 is 2.76 bits per heavy atom. The first-order valence-corrected chi connectivity index (χ1v) is 7.55. The van der Waals surface area contributed by atoms with Crippen LogP contribution >= 0.6 is 34.2 Å². The van der Waals surface area contributed by atoms with Crippen LogP contribution in [0.1, 0.15) is 5.56 Å². The Morgan fingerprint density at radius 2 is 2.05 bits per heavy atom. The highest BCUT2D eigenvalue weighted by Gasteiger charge is 2.05. The molecule has 0 radical (unpaired) electrons. The summed E-state index contributed by atoms with van der Waals surface area (Å²) >= 11 is 7.95. The van der Waals surface area contributed by atoms with E-state index in [0.717, 1.165) is 9.13 Å². The number of hydrogen-bond acceptors (Lipinski definition) is 3. The summed E-state index contributed by atoms with van der Waals surface area (Å²) in [4.78, 5) is 11.6. The molecule has 0 heterocycles. The van der Waals surface area contributed by atoms with Gasteiger partial charge in [-0.15, -0.1) is 0 Å². The number of nitrogens with one attached hydrogen (secondary N) is 1. The zero-order chi connectivity index (χ0) is 15.1. The van der Waals surface area contributed by atoms with Gasteiger partial charge in [-0.3, -0.25) is 4.79 Å². The van der Waals surface area contributed by atoms with Crippen LogP contribution in [0.5, 0.6) is 5.75 Å². The lowest BCUT2D eigenvalue weighted by Crippen LogP contribution is -2.24. The highest BCUT2D eigenvalue weighted by molar-refractivity contribution is 14.1. The van der Waals surface area contributed by atoms with Crippen LogP contribution < -0.4 is 10.2 Å². The van der Waals surface area contributed by atoms with Crippen LogP contribution in [-0.2, 0) is 4.79 Å². The van der Waals surface area contributed by atoms with Crippen molar-refractivity contribution in [3.8, 4) is 5.75 Å². The first-order valence-electron chi connectivity index (χ1n) is 6.10. The highest BCUT2D eigenvalue weighted by Crippen LogP contribution is 2.24. The summed E-state index contributed by atoms with van der Waals surface area (Å²) in [5.74, 6) is 0.287. The molecule has 0 aliphatic carbocycles. The molecule has 0 aliphatic rings. The molecule has 0 unspecified atom stereocenters. The van der Waals surface area contributed by atoms with E-state index in [9.17, 15) is 4.79 Å². The van der Waals surface area contributed by atoms with Gasteiger partial charge in [-0.05, 0) is 46.4 Å². The minimum Gasteiger partial charge on any atom is -0.483 e. The highest BCUT2D eigenvalue weighted by atomic mass is 127. The van der Waals surface area contributed by atoms with E-state index < -0.39 is 0 Å². The number of hydrazone groups is 1. The molecule has 1 amide bonds. The smallest absolute Gasteiger partial charge is 0.277 e. The number of hydrogen-bond donors (Lipinski definition) is 1. The van der Waals surface area contributed by atoms with Crippen molar-refractivity contribution < 1.29 is 9.53 Å². The normalized spacial score (nSPS) is 10.6. The SMILES string of the molecule is O=C(COc1ccc(Cl)cc1I)N/N=C/c1ccccc1. The first-order chi connectivity index (χ1) is 10.1. The second-order valence-corrected chi connectivity index (χ2v) is 5.67. The Bertz CT molecular complexity index is 647. The number of benzene rings is 2. The number of halogens is 2. The van der Waals surface area contributed by atoms with E-state index in [4.69, 9.17) is 16.3 Å². The van der Waals surface area contributed by atoms with Crippen LogP contribution in [0.25, 0.3) is 0 Å². The van der Waals surface area contributed by atoms with Crippen molar-refractivity contribution in [1.29, 1.82) is 0 Å². The molecule has 0 bridgehead atoms. The van der Waals surface area contributed by atoms with E-state index in [2.05, 4.69) is 33.1 Å². The summed E-state index contributed by atoms with van der Waals surface area (Å²) in [6, 6.07) is 14.7. The number of rotatable bonds is 5. The van der Waals surface area contributed by atoms with Crippen LogP contribution in [0.3, 0.4) is 0 Å². The molecule has 0 aromatic heterocycles. The third-order valence-corrected chi connectivity index (χ3v) is 3.53. The molecular weight excluding hydrogens is 403 g/mol. The molecule has 0 aliphatic heterocycles. The summed E-state index contributed by atoms with van der Waals surface area (Å²) < 4.78 is 6.25. The molecule has 2 aromatic carbocycles. The fourth-order valence-electron chi connectivity index (χ4n) is 1.49. The van der Waals surface area contributed by atoms with Gasteiger partial charge >= 0.3 is 0 Å². The van der Waals surface area contributed by atoms with Crippen LogP contribution in [-0.4, -0.2) is 18.7 Å². The number of carbonyl (C=O) groups is 1. The Morgan fingerprint density at radius 1 is 1.29 bits per heavy atom. The molecule has 0 atom stereocenters. The van der Waals surface area contributed by atoms with Crippen LogP contribution in [0, 0.1) is 3.57 Å². The molecule has 0 saturated carbocycles. The second-order valence-electron chi connectivity index (χ2n) is 4.07. The average molecular weight is 415 g/mol. The van der Waals surface area contributed by atoms with E-state index in [1.807, 2.05) is 30.3 Å². The summed E-state index contributed by atoms with van der Waals surface area (Å²) in [7, 11) is 0. The Hall–Kier alpha value is -1.60. The van der Waals surface area contributed by atoms with Gasteiger partial charge < -0.3 is 4.74 Å². The predicted molar refractivity (Wildman–Crippen MR) is 91.8 cm³/mol. The number of carbonyl (C=O) groups excluding carboxylic acids is 1. The molecule has 0 fully saturated rings. The van der Waals surface area contributed by atoms with Crippen molar-refractivity contribution in [1.82, 2.24) is 5.43 Å².